The molecule has 1 aliphatic carbocycles. The molecule has 9 heteroatoms. The van der Waals surface area contributed by atoms with Gasteiger partial charge in [-0.3, -0.25) is 4.79 Å². The van der Waals surface area contributed by atoms with Crippen LogP contribution in [0.15, 0.2) is 18.2 Å². The molecule has 1 aromatic rings. The standard InChI is InChI=1S/C13H9ClF6O2/c14-9-5-7(22-6-12(15,16)17)1-2-8(9)10(21)11(3-4-11)13(18,19)20/h1-2,5H,3-4,6H2. The zero-order chi connectivity index (χ0) is 16.8. The van der Waals surface area contributed by atoms with Crippen molar-refractivity contribution in [3.8, 4) is 5.75 Å². The highest BCUT2D eigenvalue weighted by atomic mass is 35.5. The quantitative estimate of drug-likeness (QED) is 0.578. The van der Waals surface area contributed by atoms with Gasteiger partial charge in [0.25, 0.3) is 0 Å². The number of ether oxygens (including phenoxy) is 1. The number of alkyl halides is 6. The smallest absolute Gasteiger partial charge is 0.422 e. The van der Waals surface area contributed by atoms with Crippen molar-refractivity contribution in [2.24, 2.45) is 5.41 Å². The van der Waals surface area contributed by atoms with E-state index in [4.69, 9.17) is 11.6 Å². The molecule has 1 fully saturated rings. The third-order valence-electron chi connectivity index (χ3n) is 3.31. The first-order chi connectivity index (χ1) is 9.96. The molecule has 122 valence electrons. The lowest BCUT2D eigenvalue weighted by atomic mass is 9.94. The molecule has 0 aliphatic heterocycles. The van der Waals surface area contributed by atoms with Crippen LogP contribution in [-0.4, -0.2) is 24.7 Å². The van der Waals surface area contributed by atoms with Crippen molar-refractivity contribution in [3.63, 3.8) is 0 Å². The van der Waals surface area contributed by atoms with E-state index in [1.54, 1.807) is 0 Å². The average molecular weight is 347 g/mol. The van der Waals surface area contributed by atoms with E-state index in [0.29, 0.717) is 0 Å². The molecule has 1 saturated carbocycles. The van der Waals surface area contributed by atoms with Crippen LogP contribution in [0.25, 0.3) is 0 Å². The molecule has 1 aliphatic rings. The van der Waals surface area contributed by atoms with Gasteiger partial charge in [0.2, 0.25) is 0 Å². The number of benzene rings is 1. The Hall–Kier alpha value is -1.44. The van der Waals surface area contributed by atoms with Gasteiger partial charge < -0.3 is 4.74 Å². The number of rotatable bonds is 4. The number of hydrogen-bond donors (Lipinski definition) is 0. The number of Topliss-reactive ketones (excluding diaryl/α,β-unsaturated/α-hetero) is 1. The molecule has 0 atom stereocenters. The zero-order valence-electron chi connectivity index (χ0n) is 10.8. The average Bonchev–Trinajstić information content (AvgIpc) is 3.15. The van der Waals surface area contributed by atoms with Crippen LogP contribution in [0.5, 0.6) is 5.75 Å². The Morgan fingerprint density at radius 1 is 1.18 bits per heavy atom. The Morgan fingerprint density at radius 2 is 1.77 bits per heavy atom. The van der Waals surface area contributed by atoms with Crippen molar-refractivity contribution in [2.75, 3.05) is 6.61 Å². The van der Waals surface area contributed by atoms with Crippen LogP contribution in [0, 0.1) is 5.41 Å². The predicted molar refractivity (Wildman–Crippen MR) is 65.1 cm³/mol. The topological polar surface area (TPSA) is 26.3 Å². The third kappa shape index (κ3) is 3.31. The van der Waals surface area contributed by atoms with Gasteiger partial charge in [-0.05, 0) is 31.0 Å². The van der Waals surface area contributed by atoms with Crippen molar-refractivity contribution >= 4 is 17.4 Å². The first kappa shape index (κ1) is 16.9. The van der Waals surface area contributed by atoms with Gasteiger partial charge in [0.15, 0.2) is 12.4 Å². The van der Waals surface area contributed by atoms with Crippen LogP contribution in [0.3, 0.4) is 0 Å². The molecule has 0 bridgehead atoms. The zero-order valence-corrected chi connectivity index (χ0v) is 11.6. The Bertz CT molecular complexity index is 589. The Kier molecular flexibility index (Phi) is 4.10. The molecule has 0 amide bonds. The molecule has 2 rings (SSSR count). The molecule has 0 heterocycles. The first-order valence-electron chi connectivity index (χ1n) is 6.07. The number of halogens is 7. The van der Waals surface area contributed by atoms with E-state index in [1.807, 2.05) is 0 Å². The summed E-state index contributed by atoms with van der Waals surface area (Å²) >= 11 is 5.71. The highest BCUT2D eigenvalue weighted by Crippen LogP contribution is 2.59. The van der Waals surface area contributed by atoms with Gasteiger partial charge in [-0.1, -0.05) is 11.6 Å². The molecular weight excluding hydrogens is 338 g/mol. The summed E-state index contributed by atoms with van der Waals surface area (Å²) in [4.78, 5) is 12.0. The lowest BCUT2D eigenvalue weighted by Gasteiger charge is -2.18. The molecule has 0 N–H and O–H groups in total. The molecule has 0 radical (unpaired) electrons. The monoisotopic (exact) mass is 346 g/mol. The highest BCUT2D eigenvalue weighted by Gasteiger charge is 2.68. The molecule has 0 spiro atoms. The van der Waals surface area contributed by atoms with Gasteiger partial charge in [0, 0.05) is 5.56 Å². The normalized spacial score (nSPS) is 17.2. The van der Waals surface area contributed by atoms with E-state index >= 15 is 0 Å². The van der Waals surface area contributed by atoms with Crippen LogP contribution in [0.2, 0.25) is 5.02 Å². The molecule has 0 saturated heterocycles. The Balaban J connectivity index is 2.19. The first-order valence-corrected chi connectivity index (χ1v) is 6.45. The minimum absolute atomic E-state index is 0.282. The SMILES string of the molecule is O=C(c1ccc(OCC(F)(F)F)cc1Cl)C1(C(F)(F)F)CC1. The molecule has 22 heavy (non-hydrogen) atoms. The van der Waals surface area contributed by atoms with Gasteiger partial charge in [-0.15, -0.1) is 0 Å². The van der Waals surface area contributed by atoms with E-state index in [2.05, 4.69) is 4.74 Å². The van der Waals surface area contributed by atoms with Crippen molar-refractivity contribution < 1.29 is 35.9 Å². The van der Waals surface area contributed by atoms with E-state index < -0.39 is 30.2 Å². The maximum Gasteiger partial charge on any atom is 0.422 e. The largest absolute Gasteiger partial charge is 0.484 e. The second kappa shape index (κ2) is 5.33. The Labute approximate surface area is 126 Å². The molecule has 0 unspecified atom stereocenters. The van der Waals surface area contributed by atoms with Crippen LogP contribution >= 0.6 is 11.6 Å². The fourth-order valence-corrected chi connectivity index (χ4v) is 2.21. The minimum atomic E-state index is -4.68. The molecule has 0 aromatic heterocycles. The summed E-state index contributed by atoms with van der Waals surface area (Å²) in [5.41, 5.74) is -2.80. The fourth-order valence-electron chi connectivity index (χ4n) is 1.96. The number of hydrogen-bond acceptors (Lipinski definition) is 2. The summed E-state index contributed by atoms with van der Waals surface area (Å²) in [6.07, 6.45) is -9.88. The van der Waals surface area contributed by atoms with Crippen molar-refractivity contribution in [2.45, 2.75) is 25.2 Å². The van der Waals surface area contributed by atoms with Crippen molar-refractivity contribution in [3.05, 3.63) is 28.8 Å². The Morgan fingerprint density at radius 3 is 2.18 bits per heavy atom. The summed E-state index contributed by atoms with van der Waals surface area (Å²) in [6.45, 7) is -1.57. The molecule has 2 nitrogen and oxygen atoms in total. The van der Waals surface area contributed by atoms with Crippen molar-refractivity contribution in [1.82, 2.24) is 0 Å². The number of carbonyl (C=O) groups is 1. The second-order valence-corrected chi connectivity index (χ2v) is 5.36. The van der Waals surface area contributed by atoms with Gasteiger partial charge in [-0.2, -0.15) is 26.3 Å². The summed E-state index contributed by atoms with van der Waals surface area (Å²) in [7, 11) is 0. The number of ketones is 1. The summed E-state index contributed by atoms with van der Waals surface area (Å²) in [5.74, 6) is -1.46. The van der Waals surface area contributed by atoms with Crippen LogP contribution in [0.4, 0.5) is 26.3 Å². The van der Waals surface area contributed by atoms with E-state index in [9.17, 15) is 31.1 Å². The van der Waals surface area contributed by atoms with Gasteiger partial charge in [-0.25, -0.2) is 0 Å². The minimum Gasteiger partial charge on any atom is -0.484 e. The molecule has 1 aromatic carbocycles. The molecular formula is C13H9ClF6O2. The van der Waals surface area contributed by atoms with E-state index in [-0.39, 0.29) is 29.2 Å². The van der Waals surface area contributed by atoms with Crippen molar-refractivity contribution in [1.29, 1.82) is 0 Å². The van der Waals surface area contributed by atoms with Crippen LogP contribution in [-0.2, 0) is 0 Å². The van der Waals surface area contributed by atoms with Gasteiger partial charge in [0.1, 0.15) is 11.2 Å². The lowest BCUT2D eigenvalue weighted by Crippen LogP contribution is -2.33. The predicted octanol–water partition coefficient (Wildman–Crippen LogP) is 4.81. The lowest BCUT2D eigenvalue weighted by molar-refractivity contribution is -0.171. The maximum absolute atomic E-state index is 12.9. The fraction of sp³-hybridized carbons (Fsp3) is 0.462. The van der Waals surface area contributed by atoms with Gasteiger partial charge >= 0.3 is 12.4 Å². The van der Waals surface area contributed by atoms with E-state index in [0.717, 1.165) is 18.2 Å². The third-order valence-corrected chi connectivity index (χ3v) is 3.63. The maximum atomic E-state index is 12.9. The summed E-state index contributed by atoms with van der Waals surface area (Å²) in [5, 5.41) is -0.375. The summed E-state index contributed by atoms with van der Waals surface area (Å²) < 4.78 is 79.1. The van der Waals surface area contributed by atoms with Gasteiger partial charge in [0.05, 0.1) is 5.02 Å². The van der Waals surface area contributed by atoms with Crippen LogP contribution < -0.4 is 4.74 Å². The highest BCUT2D eigenvalue weighted by molar-refractivity contribution is 6.34. The second-order valence-electron chi connectivity index (χ2n) is 4.95. The number of carbonyl (C=O) groups excluding carboxylic acids is 1. The van der Waals surface area contributed by atoms with E-state index in [1.165, 1.54) is 0 Å². The summed E-state index contributed by atoms with van der Waals surface area (Å²) in [6, 6.07) is 2.83. The van der Waals surface area contributed by atoms with Crippen LogP contribution in [0.1, 0.15) is 23.2 Å².